The van der Waals surface area contributed by atoms with E-state index in [4.69, 9.17) is 17.0 Å². The summed E-state index contributed by atoms with van der Waals surface area (Å²) in [6, 6.07) is 23.1. The number of halogens is 2. The molecule has 3 heteroatoms. The molecule has 0 nitrogen and oxygen atoms in total. The molecule has 6 rings (SSSR count). The Morgan fingerprint density at radius 3 is 1.33 bits per heavy atom. The van der Waals surface area contributed by atoms with Crippen molar-refractivity contribution in [3.8, 4) is 0 Å². The second kappa shape index (κ2) is 13.6. The van der Waals surface area contributed by atoms with E-state index in [0.717, 1.165) is 0 Å². The fourth-order valence-corrected chi connectivity index (χ4v) is 7.74. The van der Waals surface area contributed by atoms with Crippen LogP contribution in [0.15, 0.2) is 109 Å². The molecule has 188 valence electrons. The van der Waals surface area contributed by atoms with Crippen molar-refractivity contribution in [1.82, 2.24) is 0 Å². The number of hydrogen-bond acceptors (Lipinski definition) is 0. The van der Waals surface area contributed by atoms with Gasteiger partial charge in [-0.1, -0.05) is 122 Å². The molecule has 0 amide bonds. The topological polar surface area (TPSA) is 0 Å². The van der Waals surface area contributed by atoms with E-state index in [1.807, 2.05) is 0 Å². The van der Waals surface area contributed by atoms with Crippen molar-refractivity contribution in [2.75, 3.05) is 0 Å². The quantitative estimate of drug-likeness (QED) is 0.308. The van der Waals surface area contributed by atoms with Gasteiger partial charge < -0.3 is 14.9 Å². The Bertz CT molecular complexity index is 976. The Hall–Kier alpha value is -1.14. The Kier molecular flexibility index (Phi) is 11.1. The van der Waals surface area contributed by atoms with Gasteiger partial charge in [-0.05, 0) is 59.5 Å². The molecule has 4 aliphatic carbocycles. The van der Waals surface area contributed by atoms with Gasteiger partial charge in [0.2, 0.25) is 0 Å². The average molecular weight is 597 g/mol. The molecule has 4 unspecified atom stereocenters. The molecular weight excluding hydrogens is 558 g/mol. The van der Waals surface area contributed by atoms with Crippen LogP contribution in [-0.4, -0.2) is 0 Å². The van der Waals surface area contributed by atoms with Crippen LogP contribution in [0.5, 0.6) is 0 Å². The fraction of sp³-hybridized carbons (Fsp3) is 0.333. The number of rotatable bonds is 4. The van der Waals surface area contributed by atoms with Gasteiger partial charge in [0.25, 0.3) is 0 Å². The number of hydrogen-bond donors (Lipinski definition) is 0. The first-order valence-corrected chi connectivity index (χ1v) is 18.9. The zero-order valence-corrected chi connectivity index (χ0v) is 25.4. The summed E-state index contributed by atoms with van der Waals surface area (Å²) in [7, 11) is 9.87. The molecular formula is C33H38Cl2Zr. The van der Waals surface area contributed by atoms with Crippen molar-refractivity contribution in [3.05, 3.63) is 135 Å². The molecule has 2 saturated carbocycles. The maximum atomic E-state index is 4.93. The minimum absolute atomic E-state index is 0. The van der Waals surface area contributed by atoms with Gasteiger partial charge in [0.1, 0.15) is 0 Å². The predicted molar refractivity (Wildman–Crippen MR) is 154 cm³/mol. The average Bonchev–Trinajstić information content (AvgIpc) is 3.55. The molecule has 2 fully saturated rings. The van der Waals surface area contributed by atoms with Crippen LogP contribution in [0, 0.1) is 50.4 Å². The molecule has 0 heterocycles. The summed E-state index contributed by atoms with van der Waals surface area (Å²) in [6.45, 7) is 0. The Labute approximate surface area is 238 Å². The van der Waals surface area contributed by atoms with Gasteiger partial charge in [0, 0.05) is 5.41 Å². The van der Waals surface area contributed by atoms with Crippen LogP contribution in [0.2, 0.25) is 0 Å². The molecule has 0 N–H and O–H groups in total. The van der Waals surface area contributed by atoms with E-state index in [1.165, 1.54) is 36.8 Å². The third kappa shape index (κ3) is 5.23. The molecule has 0 aromatic heterocycles. The van der Waals surface area contributed by atoms with E-state index in [2.05, 4.69) is 109 Å². The predicted octanol–water partition coefficient (Wildman–Crippen LogP) is 9.79. The third-order valence-electron chi connectivity index (χ3n) is 8.75. The van der Waals surface area contributed by atoms with Crippen LogP contribution < -0.4 is 0 Å². The van der Waals surface area contributed by atoms with Crippen LogP contribution in [0.4, 0.5) is 0 Å². The molecule has 0 aliphatic heterocycles. The second-order valence-corrected chi connectivity index (χ2v) is 13.8. The standard InChI is InChI=1S/C31H32.2CH3.2ClH.Zr/c1-3-13-23(14-4-1)31(25-17-7-8-18-25,24-15-5-2-6-16-24)30-28-21-11-9-19-26(28)27-20-10-12-22-29(27)30;;;;;/h1-6,9-16,19-22,25-30H,7-8,17-18H2;2*1H3;2*1H;/q;2*-1;;;+4/p-2. The van der Waals surface area contributed by atoms with Crippen molar-refractivity contribution >= 4 is 17.0 Å². The summed E-state index contributed by atoms with van der Waals surface area (Å²) in [5.41, 5.74) is 3.11. The molecule has 4 atom stereocenters. The van der Waals surface area contributed by atoms with Gasteiger partial charge in [-0.3, -0.25) is 0 Å². The van der Waals surface area contributed by atoms with E-state index >= 15 is 0 Å². The summed E-state index contributed by atoms with van der Waals surface area (Å²) in [5.74, 6) is 3.63. The molecule has 0 spiro atoms. The normalized spacial score (nSPS) is 27.6. The zero-order valence-electron chi connectivity index (χ0n) is 21.4. The van der Waals surface area contributed by atoms with Crippen LogP contribution in [0.1, 0.15) is 36.8 Å². The van der Waals surface area contributed by atoms with Gasteiger partial charge in [-0.2, -0.15) is 0 Å². The summed E-state index contributed by atoms with van der Waals surface area (Å²) >= 11 is -0.826. The number of benzene rings is 2. The number of fused-ring (bicyclic) bond motifs is 3. The van der Waals surface area contributed by atoms with E-state index in [9.17, 15) is 0 Å². The van der Waals surface area contributed by atoms with E-state index in [-0.39, 0.29) is 20.3 Å². The van der Waals surface area contributed by atoms with Gasteiger partial charge in [-0.25, -0.2) is 0 Å². The number of allylic oxidation sites excluding steroid dienone is 8. The van der Waals surface area contributed by atoms with Crippen molar-refractivity contribution < 1.29 is 20.8 Å². The van der Waals surface area contributed by atoms with Crippen LogP contribution in [-0.2, 0) is 26.3 Å². The van der Waals surface area contributed by atoms with Crippen molar-refractivity contribution in [1.29, 1.82) is 0 Å². The van der Waals surface area contributed by atoms with E-state index < -0.39 is 20.8 Å². The SMILES string of the molecule is C1=CC2C3C=CC=CC3C(C(c3ccccc3)(c3ccccc3)C3CCCC3)C2C=C1.[CH3-].[CH3-].[Cl][Zr+2][Cl]. The van der Waals surface area contributed by atoms with Gasteiger partial charge in [0.15, 0.2) is 0 Å². The second-order valence-electron chi connectivity index (χ2n) is 10.0. The first-order valence-electron chi connectivity index (χ1n) is 12.6. The summed E-state index contributed by atoms with van der Waals surface area (Å²) in [6.07, 6.45) is 24.7. The summed E-state index contributed by atoms with van der Waals surface area (Å²) in [5, 5.41) is 0. The maximum absolute atomic E-state index is 4.93. The Morgan fingerprint density at radius 1 is 0.583 bits per heavy atom. The molecule has 0 saturated heterocycles. The van der Waals surface area contributed by atoms with Crippen LogP contribution in [0.25, 0.3) is 0 Å². The van der Waals surface area contributed by atoms with Gasteiger partial charge in [0.05, 0.1) is 0 Å². The fourth-order valence-electron chi connectivity index (χ4n) is 7.74. The Balaban J connectivity index is 0.000000690. The summed E-state index contributed by atoms with van der Waals surface area (Å²) < 4.78 is 0. The first-order chi connectivity index (χ1) is 16.8. The Morgan fingerprint density at radius 2 is 0.944 bits per heavy atom. The van der Waals surface area contributed by atoms with Gasteiger partial charge in [-0.15, -0.1) is 0 Å². The van der Waals surface area contributed by atoms with E-state index in [1.54, 1.807) is 0 Å². The molecule has 0 bridgehead atoms. The van der Waals surface area contributed by atoms with E-state index in [0.29, 0.717) is 35.5 Å². The molecule has 36 heavy (non-hydrogen) atoms. The molecule has 2 aromatic carbocycles. The first kappa shape index (κ1) is 29.4. The van der Waals surface area contributed by atoms with Crippen LogP contribution >= 0.6 is 17.0 Å². The molecule has 0 radical (unpaired) electrons. The minimum atomic E-state index is -0.826. The van der Waals surface area contributed by atoms with Crippen molar-refractivity contribution in [2.24, 2.45) is 35.5 Å². The zero-order chi connectivity index (χ0) is 23.4. The third-order valence-corrected chi connectivity index (χ3v) is 8.75. The molecule has 2 aromatic rings. The van der Waals surface area contributed by atoms with Crippen LogP contribution in [0.3, 0.4) is 0 Å². The van der Waals surface area contributed by atoms with Crippen molar-refractivity contribution in [3.63, 3.8) is 0 Å². The molecule has 4 aliphatic rings. The van der Waals surface area contributed by atoms with Gasteiger partial charge >= 0.3 is 37.9 Å². The monoisotopic (exact) mass is 594 g/mol. The van der Waals surface area contributed by atoms with Crippen molar-refractivity contribution in [2.45, 2.75) is 31.1 Å². The summed E-state index contributed by atoms with van der Waals surface area (Å²) in [4.78, 5) is 0.